The van der Waals surface area contributed by atoms with E-state index in [2.05, 4.69) is 0 Å². The molecule has 0 aliphatic heterocycles. The second-order valence-corrected chi connectivity index (χ2v) is 3.55. The van der Waals surface area contributed by atoms with Gasteiger partial charge in [0, 0.05) is 12.0 Å². The molecule has 1 aromatic rings. The van der Waals surface area contributed by atoms with Gasteiger partial charge in [0.05, 0.1) is 0 Å². The molecule has 0 bridgehead atoms. The maximum absolute atomic E-state index is 12.2. The summed E-state index contributed by atoms with van der Waals surface area (Å²) in [6, 6.07) is 4.77. The van der Waals surface area contributed by atoms with Crippen molar-refractivity contribution in [2.45, 2.75) is 18.4 Å². The van der Waals surface area contributed by atoms with Crippen LogP contribution in [0.2, 0.25) is 0 Å². The number of hydrogen-bond donors (Lipinski definition) is 3. The number of nitrogens with two attached hydrogens (primary N) is 1. The summed E-state index contributed by atoms with van der Waals surface area (Å²) < 4.78 is 36.5. The van der Waals surface area contributed by atoms with E-state index in [0.29, 0.717) is 0 Å². The highest BCUT2D eigenvalue weighted by atomic mass is 19.4. The van der Waals surface area contributed by atoms with Crippen LogP contribution in [0.4, 0.5) is 13.2 Å². The van der Waals surface area contributed by atoms with E-state index in [9.17, 15) is 18.0 Å². The topological polar surface area (TPSA) is 83.6 Å². The summed E-state index contributed by atoms with van der Waals surface area (Å²) in [5.41, 5.74) is 5.10. The Hall–Kier alpha value is -1.60. The Kier molecular flexibility index (Phi) is 3.44. The van der Waals surface area contributed by atoms with E-state index in [4.69, 9.17) is 15.9 Å². The fourth-order valence-corrected chi connectivity index (χ4v) is 1.17. The molecule has 1 amide bonds. The van der Waals surface area contributed by atoms with Crippen LogP contribution in [0.1, 0.15) is 15.9 Å². The Morgan fingerprint density at radius 2 is 1.65 bits per heavy atom. The van der Waals surface area contributed by atoms with Crippen LogP contribution in [0.5, 0.6) is 0 Å². The molecular formula is C10H10F3NO3. The summed E-state index contributed by atoms with van der Waals surface area (Å²) >= 11 is 0. The van der Waals surface area contributed by atoms with Gasteiger partial charge in [-0.1, -0.05) is 12.1 Å². The fourth-order valence-electron chi connectivity index (χ4n) is 1.17. The van der Waals surface area contributed by atoms with E-state index in [1.165, 1.54) is 24.3 Å². The third-order valence-electron chi connectivity index (χ3n) is 2.14. The van der Waals surface area contributed by atoms with Crippen LogP contribution >= 0.6 is 0 Å². The quantitative estimate of drug-likeness (QED) is 0.685. The van der Waals surface area contributed by atoms with E-state index in [1.807, 2.05) is 0 Å². The molecule has 1 aromatic carbocycles. The van der Waals surface area contributed by atoms with Gasteiger partial charge in [0.25, 0.3) is 5.79 Å². The number of carbonyl (C=O) groups excluding carboxylic acids is 1. The molecule has 0 aromatic heterocycles. The fraction of sp³-hybridized carbons (Fsp3) is 0.300. The Morgan fingerprint density at radius 1 is 1.18 bits per heavy atom. The zero-order chi connectivity index (χ0) is 13.3. The van der Waals surface area contributed by atoms with Crippen LogP contribution in [0.15, 0.2) is 24.3 Å². The molecule has 0 aliphatic carbocycles. The van der Waals surface area contributed by atoms with Crippen LogP contribution in [-0.2, 0) is 6.42 Å². The highest BCUT2D eigenvalue weighted by Crippen LogP contribution is 2.30. The van der Waals surface area contributed by atoms with E-state index >= 15 is 0 Å². The lowest BCUT2D eigenvalue weighted by Gasteiger charge is -2.24. The molecule has 0 heterocycles. The normalized spacial score (nSPS) is 12.5. The average molecular weight is 249 g/mol. The third kappa shape index (κ3) is 3.18. The number of alkyl halides is 3. The molecule has 0 fully saturated rings. The van der Waals surface area contributed by atoms with Gasteiger partial charge in [0.1, 0.15) is 0 Å². The summed E-state index contributed by atoms with van der Waals surface area (Å²) in [4.78, 5) is 10.7. The van der Waals surface area contributed by atoms with E-state index in [-0.39, 0.29) is 11.1 Å². The number of aliphatic hydroxyl groups is 2. The second kappa shape index (κ2) is 4.34. The number of halogens is 3. The zero-order valence-electron chi connectivity index (χ0n) is 8.53. The molecule has 4 N–H and O–H groups in total. The number of benzene rings is 1. The van der Waals surface area contributed by atoms with Crippen molar-refractivity contribution in [1.82, 2.24) is 0 Å². The molecule has 0 spiro atoms. The van der Waals surface area contributed by atoms with Crippen molar-refractivity contribution in [1.29, 1.82) is 0 Å². The maximum Gasteiger partial charge on any atom is 0.443 e. The number of primary amides is 1. The second-order valence-electron chi connectivity index (χ2n) is 3.55. The Balaban J connectivity index is 2.86. The Morgan fingerprint density at radius 3 is 2.00 bits per heavy atom. The minimum atomic E-state index is -5.14. The molecule has 0 saturated carbocycles. The number of hydrogen-bond acceptors (Lipinski definition) is 3. The summed E-state index contributed by atoms with van der Waals surface area (Å²) in [5.74, 6) is -4.51. The van der Waals surface area contributed by atoms with E-state index in [0.717, 1.165) is 0 Å². The highest BCUT2D eigenvalue weighted by Gasteiger charge is 2.52. The number of rotatable bonds is 3. The van der Waals surface area contributed by atoms with Crippen LogP contribution < -0.4 is 5.73 Å². The van der Waals surface area contributed by atoms with Crippen molar-refractivity contribution in [3.8, 4) is 0 Å². The van der Waals surface area contributed by atoms with E-state index < -0.39 is 24.3 Å². The first kappa shape index (κ1) is 13.5. The van der Waals surface area contributed by atoms with Crippen LogP contribution in [0, 0.1) is 0 Å². The van der Waals surface area contributed by atoms with Gasteiger partial charge >= 0.3 is 6.18 Å². The monoisotopic (exact) mass is 249 g/mol. The van der Waals surface area contributed by atoms with Crippen molar-refractivity contribution < 1.29 is 28.2 Å². The minimum Gasteiger partial charge on any atom is -0.366 e. The summed E-state index contributed by atoms with van der Waals surface area (Å²) in [6.45, 7) is 0. The molecule has 4 nitrogen and oxygen atoms in total. The molecular weight excluding hydrogens is 239 g/mol. The Bertz CT molecular complexity index is 412. The molecule has 0 aliphatic rings. The predicted molar refractivity (Wildman–Crippen MR) is 51.9 cm³/mol. The largest absolute Gasteiger partial charge is 0.443 e. The summed E-state index contributed by atoms with van der Waals surface area (Å²) in [5, 5.41) is 17.6. The molecule has 0 radical (unpaired) electrons. The standard InChI is InChI=1S/C10H10F3NO3/c11-10(12,13)9(16,17)5-6-1-3-7(4-2-6)8(14)15/h1-4,16-17H,5H2,(H2,14,15). The molecule has 0 unspecified atom stereocenters. The molecule has 17 heavy (non-hydrogen) atoms. The molecule has 7 heteroatoms. The molecule has 1 rings (SSSR count). The minimum absolute atomic E-state index is 0.0253. The smallest absolute Gasteiger partial charge is 0.366 e. The predicted octanol–water partition coefficient (Wildman–Crippen LogP) is 0.571. The van der Waals surface area contributed by atoms with Gasteiger partial charge in [-0.25, -0.2) is 0 Å². The first-order valence-electron chi connectivity index (χ1n) is 4.54. The lowest BCUT2D eigenvalue weighted by Crippen LogP contribution is -2.46. The zero-order valence-corrected chi connectivity index (χ0v) is 8.53. The molecule has 0 atom stereocenters. The summed E-state index contributed by atoms with van der Waals surface area (Å²) in [6.07, 6.45) is -6.16. The first-order chi connectivity index (χ1) is 7.63. The SMILES string of the molecule is NC(=O)c1ccc(CC(O)(O)C(F)(F)F)cc1. The van der Waals surface area contributed by atoms with Crippen molar-refractivity contribution in [3.05, 3.63) is 35.4 Å². The lowest BCUT2D eigenvalue weighted by molar-refractivity contribution is -0.347. The maximum atomic E-state index is 12.2. The van der Waals surface area contributed by atoms with Crippen molar-refractivity contribution in [2.75, 3.05) is 0 Å². The summed E-state index contributed by atoms with van der Waals surface area (Å²) in [7, 11) is 0. The van der Waals surface area contributed by atoms with Gasteiger partial charge in [-0.2, -0.15) is 13.2 Å². The van der Waals surface area contributed by atoms with Gasteiger partial charge in [-0.15, -0.1) is 0 Å². The van der Waals surface area contributed by atoms with Gasteiger partial charge < -0.3 is 15.9 Å². The van der Waals surface area contributed by atoms with Gasteiger partial charge in [0.2, 0.25) is 5.91 Å². The van der Waals surface area contributed by atoms with Crippen LogP contribution in [0.3, 0.4) is 0 Å². The molecule has 0 saturated heterocycles. The van der Waals surface area contributed by atoms with E-state index in [1.54, 1.807) is 0 Å². The first-order valence-corrected chi connectivity index (χ1v) is 4.54. The van der Waals surface area contributed by atoms with Crippen LogP contribution in [0.25, 0.3) is 0 Å². The van der Waals surface area contributed by atoms with Crippen molar-refractivity contribution >= 4 is 5.91 Å². The van der Waals surface area contributed by atoms with Crippen LogP contribution in [-0.4, -0.2) is 28.1 Å². The third-order valence-corrected chi connectivity index (χ3v) is 2.14. The average Bonchev–Trinajstić information content (AvgIpc) is 2.16. The highest BCUT2D eigenvalue weighted by molar-refractivity contribution is 5.92. The Labute approximate surface area is 94.5 Å². The van der Waals surface area contributed by atoms with Gasteiger partial charge in [0.15, 0.2) is 0 Å². The van der Waals surface area contributed by atoms with Gasteiger partial charge in [-0.3, -0.25) is 4.79 Å². The molecule has 94 valence electrons. The number of amides is 1. The van der Waals surface area contributed by atoms with Crippen molar-refractivity contribution in [3.63, 3.8) is 0 Å². The number of carbonyl (C=O) groups is 1. The lowest BCUT2D eigenvalue weighted by atomic mass is 10.0. The van der Waals surface area contributed by atoms with Crippen molar-refractivity contribution in [2.24, 2.45) is 5.73 Å². The van der Waals surface area contributed by atoms with Gasteiger partial charge in [-0.05, 0) is 17.7 Å².